The van der Waals surface area contributed by atoms with Gasteiger partial charge in [-0.05, 0) is 51.5 Å². The summed E-state index contributed by atoms with van der Waals surface area (Å²) in [6.45, 7) is 9.68. The van der Waals surface area contributed by atoms with Gasteiger partial charge in [-0.15, -0.1) is 0 Å². The number of ether oxygens (including phenoxy) is 2. The number of aromatic nitrogens is 2. The lowest BCUT2D eigenvalue weighted by Crippen LogP contribution is -2.46. The van der Waals surface area contributed by atoms with Crippen LogP contribution in [0.25, 0.3) is 11.4 Å². The number of hydrogen-bond acceptors (Lipinski definition) is 7. The maximum Gasteiger partial charge on any atom is 0.410 e. The van der Waals surface area contributed by atoms with Gasteiger partial charge < -0.3 is 29.9 Å². The summed E-state index contributed by atoms with van der Waals surface area (Å²) in [4.78, 5) is 38.0. The van der Waals surface area contributed by atoms with Gasteiger partial charge in [-0.25, -0.2) is 19.6 Å². The highest BCUT2D eigenvalue weighted by molar-refractivity contribution is 5.89. The number of morpholine rings is 1. The Balaban J connectivity index is 1.67. The number of urea groups is 1. The fourth-order valence-electron chi connectivity index (χ4n) is 4.23. The second-order valence-electron chi connectivity index (χ2n) is 8.35. The highest BCUT2D eigenvalue weighted by atomic mass is 16.6. The molecule has 1 fully saturated rings. The normalized spacial score (nSPS) is 17.7. The van der Waals surface area contributed by atoms with E-state index in [2.05, 4.69) is 22.5 Å². The molecular weight excluding hydrogens is 436 g/mol. The SMILES string of the molecule is CCNC(=O)Nc1ccc(-c2nc3c(c(N4CCOC[C@@H]4C)n2)CCN(C(=O)OCC)C3)cc1. The van der Waals surface area contributed by atoms with E-state index in [4.69, 9.17) is 19.4 Å². The van der Waals surface area contributed by atoms with Crippen molar-refractivity contribution in [2.75, 3.05) is 49.7 Å². The van der Waals surface area contributed by atoms with E-state index in [9.17, 15) is 9.59 Å². The molecule has 0 unspecified atom stereocenters. The fourth-order valence-corrected chi connectivity index (χ4v) is 4.23. The molecule has 34 heavy (non-hydrogen) atoms. The van der Waals surface area contributed by atoms with Gasteiger partial charge in [0.1, 0.15) is 5.82 Å². The lowest BCUT2D eigenvalue weighted by Gasteiger charge is -2.37. The van der Waals surface area contributed by atoms with Crippen molar-refractivity contribution in [2.24, 2.45) is 0 Å². The first kappa shape index (κ1) is 23.7. The molecule has 0 spiro atoms. The molecule has 2 aliphatic heterocycles. The van der Waals surface area contributed by atoms with Crippen LogP contribution in [0.15, 0.2) is 24.3 Å². The zero-order chi connectivity index (χ0) is 24.1. The molecule has 10 heteroatoms. The molecule has 182 valence electrons. The molecule has 4 rings (SSSR count). The van der Waals surface area contributed by atoms with Crippen LogP contribution in [0.2, 0.25) is 0 Å². The third kappa shape index (κ3) is 5.22. The van der Waals surface area contributed by atoms with Crippen LogP contribution in [0.4, 0.5) is 21.1 Å². The molecule has 1 aromatic carbocycles. The zero-order valence-electron chi connectivity index (χ0n) is 20.0. The Hall–Kier alpha value is -3.40. The van der Waals surface area contributed by atoms with Crippen molar-refractivity contribution < 1.29 is 19.1 Å². The van der Waals surface area contributed by atoms with Crippen molar-refractivity contribution in [2.45, 2.75) is 39.8 Å². The number of fused-ring (bicyclic) bond motifs is 1. The van der Waals surface area contributed by atoms with Crippen molar-refractivity contribution in [3.05, 3.63) is 35.5 Å². The molecule has 2 aliphatic rings. The predicted molar refractivity (Wildman–Crippen MR) is 129 cm³/mol. The van der Waals surface area contributed by atoms with Crippen molar-refractivity contribution in [3.8, 4) is 11.4 Å². The second kappa shape index (κ2) is 10.7. The predicted octanol–water partition coefficient (Wildman–Crippen LogP) is 3.02. The average Bonchev–Trinajstić information content (AvgIpc) is 2.84. The summed E-state index contributed by atoms with van der Waals surface area (Å²) < 4.78 is 10.8. The number of anilines is 2. The summed E-state index contributed by atoms with van der Waals surface area (Å²) >= 11 is 0. The van der Waals surface area contributed by atoms with Gasteiger partial charge in [0.2, 0.25) is 0 Å². The average molecular weight is 469 g/mol. The van der Waals surface area contributed by atoms with E-state index in [-0.39, 0.29) is 18.2 Å². The number of nitrogens with zero attached hydrogens (tertiary/aromatic N) is 4. The molecule has 2 N–H and O–H groups in total. The Labute approximate surface area is 199 Å². The number of amides is 3. The molecular formula is C24H32N6O4. The van der Waals surface area contributed by atoms with Crippen molar-refractivity contribution in [1.29, 1.82) is 0 Å². The molecule has 1 aromatic heterocycles. The maximum absolute atomic E-state index is 12.4. The number of rotatable bonds is 5. The van der Waals surface area contributed by atoms with Gasteiger partial charge in [0.25, 0.3) is 0 Å². The van der Waals surface area contributed by atoms with Crippen LogP contribution in [-0.4, -0.2) is 72.5 Å². The zero-order valence-corrected chi connectivity index (χ0v) is 20.0. The molecule has 0 saturated carbocycles. The first-order valence-corrected chi connectivity index (χ1v) is 11.8. The summed E-state index contributed by atoms with van der Waals surface area (Å²) in [5, 5.41) is 5.51. The summed E-state index contributed by atoms with van der Waals surface area (Å²) in [6.07, 6.45) is 0.346. The van der Waals surface area contributed by atoms with Crippen LogP contribution >= 0.6 is 0 Å². The summed E-state index contributed by atoms with van der Waals surface area (Å²) in [5.41, 5.74) is 3.43. The maximum atomic E-state index is 12.4. The Morgan fingerprint density at radius 3 is 2.68 bits per heavy atom. The summed E-state index contributed by atoms with van der Waals surface area (Å²) in [6, 6.07) is 7.38. The van der Waals surface area contributed by atoms with E-state index >= 15 is 0 Å². The van der Waals surface area contributed by atoms with E-state index in [1.165, 1.54) is 0 Å². The van der Waals surface area contributed by atoms with Crippen LogP contribution in [0.1, 0.15) is 32.0 Å². The third-order valence-electron chi connectivity index (χ3n) is 5.95. The van der Waals surface area contributed by atoms with E-state index in [0.717, 1.165) is 29.2 Å². The number of hydrogen-bond donors (Lipinski definition) is 2. The summed E-state index contributed by atoms with van der Waals surface area (Å²) in [7, 11) is 0. The van der Waals surface area contributed by atoms with Crippen LogP contribution in [-0.2, 0) is 22.4 Å². The van der Waals surface area contributed by atoms with Gasteiger partial charge in [0, 0.05) is 36.4 Å². The highest BCUT2D eigenvalue weighted by Crippen LogP contribution is 2.32. The minimum Gasteiger partial charge on any atom is -0.450 e. The Morgan fingerprint density at radius 1 is 1.18 bits per heavy atom. The quantitative estimate of drug-likeness (QED) is 0.694. The standard InChI is InChI=1S/C24H32N6O4/c1-4-25-23(31)26-18-8-6-17(7-9-18)21-27-20-14-29(24(32)34-5-2)11-10-19(20)22(28-21)30-12-13-33-15-16(30)3/h6-9,16H,4-5,10-15H2,1-3H3,(H2,25,26,31)/t16-/m0/s1. The van der Waals surface area contributed by atoms with Crippen LogP contribution < -0.4 is 15.5 Å². The first-order chi connectivity index (χ1) is 16.5. The number of carbonyl (C=O) groups excluding carboxylic acids is 2. The lowest BCUT2D eigenvalue weighted by molar-refractivity contribution is 0.0975. The second-order valence-corrected chi connectivity index (χ2v) is 8.35. The van der Waals surface area contributed by atoms with Gasteiger partial charge in [0.05, 0.1) is 38.1 Å². The summed E-state index contributed by atoms with van der Waals surface area (Å²) in [5.74, 6) is 1.49. The van der Waals surface area contributed by atoms with Gasteiger partial charge in [-0.1, -0.05) is 0 Å². The van der Waals surface area contributed by atoms with Crippen molar-refractivity contribution in [3.63, 3.8) is 0 Å². The van der Waals surface area contributed by atoms with Crippen molar-refractivity contribution in [1.82, 2.24) is 20.2 Å². The first-order valence-electron chi connectivity index (χ1n) is 11.8. The van der Waals surface area contributed by atoms with Crippen molar-refractivity contribution >= 4 is 23.6 Å². The number of nitrogens with one attached hydrogen (secondary N) is 2. The monoisotopic (exact) mass is 468 g/mol. The van der Waals surface area contributed by atoms with Gasteiger partial charge in [0.15, 0.2) is 5.82 Å². The topological polar surface area (TPSA) is 109 Å². The molecule has 10 nitrogen and oxygen atoms in total. The van der Waals surface area contributed by atoms with E-state index in [0.29, 0.717) is 57.4 Å². The molecule has 1 atom stereocenters. The van der Waals surface area contributed by atoms with Crippen LogP contribution in [0.5, 0.6) is 0 Å². The Kier molecular flexibility index (Phi) is 7.46. The minimum atomic E-state index is -0.324. The van der Waals surface area contributed by atoms with Gasteiger partial charge in [-0.3, -0.25) is 0 Å². The van der Waals surface area contributed by atoms with Gasteiger partial charge >= 0.3 is 12.1 Å². The smallest absolute Gasteiger partial charge is 0.410 e. The minimum absolute atomic E-state index is 0.187. The van der Waals surface area contributed by atoms with Crippen LogP contribution in [0, 0.1) is 0 Å². The molecule has 2 aromatic rings. The lowest BCUT2D eigenvalue weighted by atomic mass is 10.0. The van der Waals surface area contributed by atoms with Crippen LogP contribution in [0.3, 0.4) is 0 Å². The molecule has 3 amide bonds. The molecule has 1 saturated heterocycles. The molecule has 0 aliphatic carbocycles. The van der Waals surface area contributed by atoms with E-state index in [1.54, 1.807) is 11.8 Å². The largest absolute Gasteiger partial charge is 0.450 e. The van der Waals surface area contributed by atoms with E-state index < -0.39 is 0 Å². The number of benzene rings is 1. The third-order valence-corrected chi connectivity index (χ3v) is 5.95. The Morgan fingerprint density at radius 2 is 1.97 bits per heavy atom. The molecule has 3 heterocycles. The highest BCUT2D eigenvalue weighted by Gasteiger charge is 2.30. The van der Waals surface area contributed by atoms with E-state index in [1.807, 2.05) is 31.2 Å². The van der Waals surface area contributed by atoms with Gasteiger partial charge in [-0.2, -0.15) is 0 Å². The molecule has 0 radical (unpaired) electrons. The Bertz CT molecular complexity index is 1030. The molecule has 0 bridgehead atoms. The fraction of sp³-hybridized carbons (Fsp3) is 0.500. The number of carbonyl (C=O) groups is 2.